The average Bonchev–Trinajstić information content (AvgIpc) is 2.86. The van der Waals surface area contributed by atoms with Gasteiger partial charge in [-0.2, -0.15) is 0 Å². The van der Waals surface area contributed by atoms with E-state index in [0.29, 0.717) is 5.65 Å². The third-order valence-corrected chi connectivity index (χ3v) is 5.73. The number of sulfone groups is 1. The minimum absolute atomic E-state index is 0.0452. The molecule has 0 aliphatic rings. The SMILES string of the molecule is COC(=O)c1cn2cc(S(=O)(=O)C(C)(C)C)c(OC)cc2n1. The summed E-state index contributed by atoms with van der Waals surface area (Å²) in [6, 6.07) is 1.48. The molecular weight excluding hydrogens is 308 g/mol. The standard InChI is InChI=1S/C14H18N2O5S/c1-14(2,3)22(18,19)11-8-16-7-9(13(17)21-5)15-12(16)6-10(11)20-4/h6-8H,1-5H3. The predicted octanol–water partition coefficient (Wildman–Crippen LogP) is 1.70. The summed E-state index contributed by atoms with van der Waals surface area (Å²) in [4.78, 5) is 15.7. The van der Waals surface area contributed by atoms with Crippen LogP contribution in [-0.2, 0) is 14.6 Å². The Morgan fingerprint density at radius 3 is 2.36 bits per heavy atom. The van der Waals surface area contributed by atoms with Crippen molar-refractivity contribution >= 4 is 21.5 Å². The zero-order chi connectivity index (χ0) is 16.7. The first-order valence-corrected chi connectivity index (χ1v) is 8.00. The van der Waals surface area contributed by atoms with Crippen LogP contribution in [0.2, 0.25) is 0 Å². The highest BCUT2D eigenvalue weighted by molar-refractivity contribution is 7.92. The second-order valence-electron chi connectivity index (χ2n) is 5.71. The Bertz CT molecular complexity index is 831. The molecule has 2 aromatic rings. The molecule has 0 amide bonds. The lowest BCUT2D eigenvalue weighted by atomic mass is 10.3. The normalized spacial score (nSPS) is 12.4. The Kier molecular flexibility index (Phi) is 3.90. The molecule has 0 fully saturated rings. The molecule has 0 aliphatic carbocycles. The molecule has 0 aliphatic heterocycles. The number of nitrogens with zero attached hydrogens (tertiary/aromatic N) is 2. The van der Waals surface area contributed by atoms with E-state index in [0.717, 1.165) is 0 Å². The monoisotopic (exact) mass is 326 g/mol. The third kappa shape index (κ3) is 2.54. The number of methoxy groups -OCH3 is 2. The third-order valence-electron chi connectivity index (χ3n) is 3.23. The van der Waals surface area contributed by atoms with Crippen molar-refractivity contribution in [2.75, 3.05) is 14.2 Å². The number of ether oxygens (including phenoxy) is 2. The van der Waals surface area contributed by atoms with Gasteiger partial charge in [0.2, 0.25) is 0 Å². The van der Waals surface area contributed by atoms with Crippen molar-refractivity contribution in [3.8, 4) is 5.75 Å². The second kappa shape index (κ2) is 5.28. The Morgan fingerprint density at radius 1 is 1.23 bits per heavy atom. The van der Waals surface area contributed by atoms with E-state index in [-0.39, 0.29) is 16.3 Å². The van der Waals surface area contributed by atoms with Crippen LogP contribution in [0.3, 0.4) is 0 Å². The summed E-state index contributed by atoms with van der Waals surface area (Å²) in [7, 11) is -0.978. The number of aromatic nitrogens is 2. The fraction of sp³-hybridized carbons (Fsp3) is 0.429. The van der Waals surface area contributed by atoms with Gasteiger partial charge in [-0.25, -0.2) is 18.2 Å². The van der Waals surface area contributed by atoms with Crippen LogP contribution in [0.4, 0.5) is 0 Å². The smallest absolute Gasteiger partial charge is 0.358 e. The molecule has 22 heavy (non-hydrogen) atoms. The zero-order valence-electron chi connectivity index (χ0n) is 13.1. The fourth-order valence-electron chi connectivity index (χ4n) is 1.89. The first kappa shape index (κ1) is 16.3. The Hall–Kier alpha value is -2.09. The van der Waals surface area contributed by atoms with Gasteiger partial charge in [-0.05, 0) is 20.8 Å². The number of hydrogen-bond donors (Lipinski definition) is 0. The van der Waals surface area contributed by atoms with Crippen molar-refractivity contribution in [3.05, 3.63) is 24.2 Å². The molecular formula is C14H18N2O5S. The quantitative estimate of drug-likeness (QED) is 0.798. The van der Waals surface area contributed by atoms with Crippen molar-refractivity contribution in [3.63, 3.8) is 0 Å². The zero-order valence-corrected chi connectivity index (χ0v) is 13.9. The molecule has 0 saturated heterocycles. The van der Waals surface area contributed by atoms with E-state index in [4.69, 9.17) is 4.74 Å². The summed E-state index contributed by atoms with van der Waals surface area (Å²) in [6.45, 7) is 4.83. The molecule has 0 atom stereocenters. The van der Waals surface area contributed by atoms with Gasteiger partial charge in [0, 0.05) is 18.5 Å². The lowest BCUT2D eigenvalue weighted by Gasteiger charge is -2.20. The topological polar surface area (TPSA) is 87.0 Å². The van der Waals surface area contributed by atoms with E-state index < -0.39 is 20.6 Å². The van der Waals surface area contributed by atoms with Gasteiger partial charge in [0.1, 0.15) is 16.3 Å². The molecule has 120 valence electrons. The highest BCUT2D eigenvalue weighted by atomic mass is 32.2. The maximum Gasteiger partial charge on any atom is 0.358 e. The summed E-state index contributed by atoms with van der Waals surface area (Å²) < 4.78 is 35.6. The lowest BCUT2D eigenvalue weighted by Crippen LogP contribution is -2.28. The second-order valence-corrected chi connectivity index (χ2v) is 8.38. The van der Waals surface area contributed by atoms with E-state index in [1.54, 1.807) is 20.8 Å². The average molecular weight is 326 g/mol. The minimum atomic E-state index is -3.62. The van der Waals surface area contributed by atoms with Crippen LogP contribution in [0, 0.1) is 0 Å². The van der Waals surface area contributed by atoms with Crippen molar-refractivity contribution in [2.45, 2.75) is 30.4 Å². The molecule has 0 saturated carbocycles. The molecule has 0 bridgehead atoms. The lowest BCUT2D eigenvalue weighted by molar-refractivity contribution is 0.0595. The summed E-state index contributed by atoms with van der Waals surface area (Å²) in [5, 5.41) is 0. The number of esters is 1. The van der Waals surface area contributed by atoms with Gasteiger partial charge in [0.25, 0.3) is 0 Å². The van der Waals surface area contributed by atoms with Gasteiger partial charge in [0.15, 0.2) is 15.5 Å². The van der Waals surface area contributed by atoms with E-state index in [1.807, 2.05) is 0 Å². The van der Waals surface area contributed by atoms with Crippen LogP contribution < -0.4 is 4.74 Å². The summed E-state index contributed by atoms with van der Waals surface area (Å²) in [5.74, 6) is -0.410. The van der Waals surface area contributed by atoms with E-state index in [1.165, 1.54) is 37.1 Å². The van der Waals surface area contributed by atoms with Crippen molar-refractivity contribution in [2.24, 2.45) is 0 Å². The first-order valence-electron chi connectivity index (χ1n) is 6.51. The molecule has 2 heterocycles. The van der Waals surface area contributed by atoms with Crippen LogP contribution in [0.1, 0.15) is 31.3 Å². The Morgan fingerprint density at radius 2 is 1.86 bits per heavy atom. The Balaban J connectivity index is 2.73. The molecule has 7 nitrogen and oxygen atoms in total. The maximum atomic E-state index is 12.7. The van der Waals surface area contributed by atoms with Crippen LogP contribution >= 0.6 is 0 Å². The number of carbonyl (C=O) groups is 1. The summed E-state index contributed by atoms with van der Waals surface area (Å²) in [6.07, 6.45) is 2.82. The summed E-state index contributed by atoms with van der Waals surface area (Å²) >= 11 is 0. The number of imidazole rings is 1. The van der Waals surface area contributed by atoms with E-state index in [2.05, 4.69) is 9.72 Å². The first-order chi connectivity index (χ1) is 10.1. The van der Waals surface area contributed by atoms with Gasteiger partial charge in [-0.15, -0.1) is 0 Å². The highest BCUT2D eigenvalue weighted by Crippen LogP contribution is 2.32. The number of fused-ring (bicyclic) bond motifs is 1. The number of pyridine rings is 1. The largest absolute Gasteiger partial charge is 0.495 e. The Labute approximate surface area is 128 Å². The predicted molar refractivity (Wildman–Crippen MR) is 80.0 cm³/mol. The molecule has 8 heteroatoms. The molecule has 0 unspecified atom stereocenters. The minimum Gasteiger partial charge on any atom is -0.495 e. The van der Waals surface area contributed by atoms with Crippen LogP contribution in [0.5, 0.6) is 5.75 Å². The molecule has 2 aromatic heterocycles. The van der Waals surface area contributed by atoms with Gasteiger partial charge < -0.3 is 13.9 Å². The van der Waals surface area contributed by atoms with Crippen LogP contribution in [0.15, 0.2) is 23.4 Å². The van der Waals surface area contributed by atoms with Crippen molar-refractivity contribution < 1.29 is 22.7 Å². The number of carbonyl (C=O) groups excluding carboxylic acids is 1. The van der Waals surface area contributed by atoms with Gasteiger partial charge in [-0.3, -0.25) is 0 Å². The van der Waals surface area contributed by atoms with E-state index >= 15 is 0 Å². The van der Waals surface area contributed by atoms with Crippen LogP contribution in [-0.4, -0.2) is 42.7 Å². The highest BCUT2D eigenvalue weighted by Gasteiger charge is 2.34. The van der Waals surface area contributed by atoms with Crippen LogP contribution in [0.25, 0.3) is 5.65 Å². The van der Waals surface area contributed by atoms with Crippen molar-refractivity contribution in [1.82, 2.24) is 9.38 Å². The summed E-state index contributed by atoms with van der Waals surface area (Å²) in [5.41, 5.74) is 0.486. The molecule has 2 rings (SSSR count). The number of rotatable bonds is 3. The van der Waals surface area contributed by atoms with Gasteiger partial charge in [-0.1, -0.05) is 0 Å². The fourth-order valence-corrected chi connectivity index (χ4v) is 3.21. The molecule has 0 aromatic carbocycles. The van der Waals surface area contributed by atoms with Gasteiger partial charge in [0.05, 0.1) is 19.0 Å². The van der Waals surface area contributed by atoms with E-state index in [9.17, 15) is 13.2 Å². The maximum absolute atomic E-state index is 12.7. The molecule has 0 radical (unpaired) electrons. The van der Waals surface area contributed by atoms with Crippen molar-refractivity contribution in [1.29, 1.82) is 0 Å². The number of hydrogen-bond acceptors (Lipinski definition) is 6. The molecule has 0 spiro atoms. The van der Waals surface area contributed by atoms with Gasteiger partial charge >= 0.3 is 5.97 Å². The molecule has 0 N–H and O–H groups in total.